The third kappa shape index (κ3) is 5.17. The van der Waals surface area contributed by atoms with Crippen LogP contribution in [0.2, 0.25) is 0 Å². The van der Waals surface area contributed by atoms with Gasteiger partial charge in [-0.25, -0.2) is 13.1 Å². The van der Waals surface area contributed by atoms with Crippen molar-refractivity contribution in [2.24, 2.45) is 5.73 Å². The second-order valence-electron chi connectivity index (χ2n) is 4.07. The number of nitrogens with zero attached hydrogens (tertiary/aromatic N) is 2. The Kier molecular flexibility index (Phi) is 4.93. The molecule has 1 heterocycles. The van der Waals surface area contributed by atoms with Gasteiger partial charge in [-0.2, -0.15) is 18.3 Å². The Labute approximate surface area is 108 Å². The summed E-state index contributed by atoms with van der Waals surface area (Å²) in [5.74, 6) is 0. The number of aromatic nitrogens is 2. The summed E-state index contributed by atoms with van der Waals surface area (Å²) in [6, 6.07) is -1.25. The number of sulfonamides is 1. The molecule has 0 aliphatic carbocycles. The summed E-state index contributed by atoms with van der Waals surface area (Å²) >= 11 is 0. The van der Waals surface area contributed by atoms with Gasteiger partial charge in [-0.05, 0) is 6.92 Å². The molecule has 0 amide bonds. The third-order valence-electron chi connectivity index (χ3n) is 2.17. The minimum Gasteiger partial charge on any atom is -0.329 e. The van der Waals surface area contributed by atoms with E-state index in [-0.39, 0.29) is 11.4 Å². The van der Waals surface area contributed by atoms with E-state index in [9.17, 15) is 21.6 Å². The Bertz CT molecular complexity index is 512. The van der Waals surface area contributed by atoms with Crippen LogP contribution in [0.1, 0.15) is 13.3 Å². The molecule has 0 spiro atoms. The molecule has 0 aromatic carbocycles. The third-order valence-corrected chi connectivity index (χ3v) is 3.72. The number of nitrogens with one attached hydrogen (secondary N) is 1. The molecular formula is C9H15F3N4O2S. The molecule has 6 nitrogen and oxygen atoms in total. The Morgan fingerprint density at radius 3 is 2.68 bits per heavy atom. The van der Waals surface area contributed by atoms with Crippen LogP contribution >= 0.6 is 0 Å². The molecule has 1 aromatic rings. The van der Waals surface area contributed by atoms with Gasteiger partial charge in [0.05, 0.1) is 19.2 Å². The Morgan fingerprint density at radius 1 is 1.53 bits per heavy atom. The zero-order valence-corrected chi connectivity index (χ0v) is 11.0. The molecule has 19 heavy (non-hydrogen) atoms. The van der Waals surface area contributed by atoms with Crippen LogP contribution < -0.4 is 10.5 Å². The van der Waals surface area contributed by atoms with Crippen LogP contribution in [0.25, 0.3) is 0 Å². The van der Waals surface area contributed by atoms with Crippen molar-refractivity contribution in [2.45, 2.75) is 37.0 Å². The molecule has 1 aromatic heterocycles. The summed E-state index contributed by atoms with van der Waals surface area (Å²) < 4.78 is 63.2. The molecule has 0 saturated heterocycles. The van der Waals surface area contributed by atoms with Crippen molar-refractivity contribution < 1.29 is 21.6 Å². The van der Waals surface area contributed by atoms with Gasteiger partial charge in [-0.1, -0.05) is 0 Å². The van der Waals surface area contributed by atoms with Crippen LogP contribution in [0.15, 0.2) is 17.3 Å². The van der Waals surface area contributed by atoms with E-state index >= 15 is 0 Å². The number of halogens is 3. The average molecular weight is 300 g/mol. The monoisotopic (exact) mass is 300 g/mol. The molecule has 3 N–H and O–H groups in total. The summed E-state index contributed by atoms with van der Waals surface area (Å²) in [7, 11) is -4.00. The fraction of sp³-hybridized carbons (Fsp3) is 0.667. The lowest BCUT2D eigenvalue weighted by Crippen LogP contribution is -2.35. The predicted molar refractivity (Wildman–Crippen MR) is 61.7 cm³/mol. The van der Waals surface area contributed by atoms with E-state index in [0.29, 0.717) is 6.54 Å². The molecule has 0 radical (unpaired) electrons. The lowest BCUT2D eigenvalue weighted by molar-refractivity contribution is -0.137. The van der Waals surface area contributed by atoms with Gasteiger partial charge in [0.2, 0.25) is 10.0 Å². The second-order valence-corrected chi connectivity index (χ2v) is 5.78. The maximum atomic E-state index is 12.1. The maximum Gasteiger partial charge on any atom is 0.390 e. The summed E-state index contributed by atoms with van der Waals surface area (Å²) in [5.41, 5.74) is 5.28. The standard InChI is InChI=1S/C9H15F3N4O2S/c1-7(4-9(10,11)12)15-19(17,18)8-5-14-16(6-8)3-2-13/h5-7,15H,2-4,13H2,1H3. The van der Waals surface area contributed by atoms with E-state index in [1.807, 2.05) is 4.72 Å². The molecule has 0 aliphatic heterocycles. The highest BCUT2D eigenvalue weighted by molar-refractivity contribution is 7.89. The van der Waals surface area contributed by atoms with Crippen LogP contribution in [0.5, 0.6) is 0 Å². The van der Waals surface area contributed by atoms with Gasteiger partial charge in [-0.15, -0.1) is 0 Å². The number of alkyl halides is 3. The zero-order chi connectivity index (χ0) is 14.7. The molecule has 1 unspecified atom stereocenters. The van der Waals surface area contributed by atoms with Crippen molar-refractivity contribution in [2.75, 3.05) is 6.54 Å². The Balaban J connectivity index is 2.74. The number of nitrogens with two attached hydrogens (primary N) is 1. The lowest BCUT2D eigenvalue weighted by atomic mass is 10.2. The summed E-state index contributed by atoms with van der Waals surface area (Å²) in [5, 5.41) is 3.75. The SMILES string of the molecule is CC(CC(F)(F)F)NS(=O)(=O)c1cnn(CCN)c1. The molecule has 0 saturated carbocycles. The highest BCUT2D eigenvalue weighted by Crippen LogP contribution is 2.22. The first-order valence-corrected chi connectivity index (χ1v) is 6.94. The second kappa shape index (κ2) is 5.88. The first-order valence-electron chi connectivity index (χ1n) is 5.45. The minimum absolute atomic E-state index is 0.185. The van der Waals surface area contributed by atoms with E-state index in [0.717, 1.165) is 13.1 Å². The Hall–Kier alpha value is -1.13. The van der Waals surface area contributed by atoms with Crippen LogP contribution in [-0.4, -0.2) is 37.0 Å². The van der Waals surface area contributed by atoms with Gasteiger partial charge < -0.3 is 5.73 Å². The van der Waals surface area contributed by atoms with E-state index in [1.54, 1.807) is 0 Å². The fourth-order valence-electron chi connectivity index (χ4n) is 1.46. The van der Waals surface area contributed by atoms with Crippen molar-refractivity contribution in [3.63, 3.8) is 0 Å². The van der Waals surface area contributed by atoms with Crippen molar-refractivity contribution in [1.29, 1.82) is 0 Å². The molecule has 0 bridgehead atoms. The quantitative estimate of drug-likeness (QED) is 0.798. The van der Waals surface area contributed by atoms with Crippen molar-refractivity contribution >= 4 is 10.0 Å². The zero-order valence-electron chi connectivity index (χ0n) is 10.2. The van der Waals surface area contributed by atoms with Gasteiger partial charge in [-0.3, -0.25) is 4.68 Å². The fourth-order valence-corrected chi connectivity index (χ4v) is 2.66. The van der Waals surface area contributed by atoms with E-state index < -0.39 is 28.7 Å². The van der Waals surface area contributed by atoms with Crippen molar-refractivity contribution in [1.82, 2.24) is 14.5 Å². The van der Waals surface area contributed by atoms with E-state index in [4.69, 9.17) is 5.73 Å². The lowest BCUT2D eigenvalue weighted by Gasteiger charge is -2.15. The Morgan fingerprint density at radius 2 is 2.16 bits per heavy atom. The molecule has 1 atom stereocenters. The average Bonchev–Trinajstić information content (AvgIpc) is 2.63. The van der Waals surface area contributed by atoms with Crippen molar-refractivity contribution in [3.8, 4) is 0 Å². The highest BCUT2D eigenvalue weighted by Gasteiger charge is 2.32. The van der Waals surface area contributed by atoms with Crippen molar-refractivity contribution in [3.05, 3.63) is 12.4 Å². The molecule has 0 fully saturated rings. The molecule has 0 aliphatic rings. The van der Waals surface area contributed by atoms with Crippen LogP contribution in [0, 0.1) is 0 Å². The van der Waals surface area contributed by atoms with Crippen LogP contribution in [-0.2, 0) is 16.6 Å². The summed E-state index contributed by atoms with van der Waals surface area (Å²) in [6.45, 7) is 1.75. The van der Waals surface area contributed by atoms with Crippen LogP contribution in [0.4, 0.5) is 13.2 Å². The van der Waals surface area contributed by atoms with Gasteiger partial charge in [0.25, 0.3) is 0 Å². The van der Waals surface area contributed by atoms with Gasteiger partial charge in [0.15, 0.2) is 0 Å². The van der Waals surface area contributed by atoms with E-state index in [2.05, 4.69) is 5.10 Å². The normalized spacial score (nSPS) is 14.6. The number of hydrogen-bond acceptors (Lipinski definition) is 4. The largest absolute Gasteiger partial charge is 0.390 e. The van der Waals surface area contributed by atoms with Gasteiger partial charge in [0, 0.05) is 18.8 Å². The molecule has 1 rings (SSSR count). The number of rotatable bonds is 6. The predicted octanol–water partition coefficient (Wildman–Crippen LogP) is 0.461. The first kappa shape index (κ1) is 15.9. The highest BCUT2D eigenvalue weighted by atomic mass is 32.2. The molecule has 110 valence electrons. The minimum atomic E-state index is -4.42. The maximum absolute atomic E-state index is 12.1. The number of hydrogen-bond donors (Lipinski definition) is 2. The summed E-state index contributed by atoms with van der Waals surface area (Å²) in [4.78, 5) is -0.185. The summed E-state index contributed by atoms with van der Waals surface area (Å²) in [6.07, 6.45) is -3.37. The van der Waals surface area contributed by atoms with Crippen LogP contribution in [0.3, 0.4) is 0 Å². The smallest absolute Gasteiger partial charge is 0.329 e. The topological polar surface area (TPSA) is 90.0 Å². The molecule has 10 heteroatoms. The first-order chi connectivity index (χ1) is 8.64. The van der Waals surface area contributed by atoms with Gasteiger partial charge >= 0.3 is 6.18 Å². The van der Waals surface area contributed by atoms with Gasteiger partial charge in [0.1, 0.15) is 4.90 Å². The molecular weight excluding hydrogens is 285 g/mol. The van der Waals surface area contributed by atoms with E-state index in [1.165, 1.54) is 10.9 Å².